The molecule has 2 aliphatic rings. The van der Waals surface area contributed by atoms with Crippen molar-refractivity contribution in [1.82, 2.24) is 14.7 Å². The Morgan fingerprint density at radius 1 is 0.974 bits per heavy atom. The molecule has 2 amide bonds. The van der Waals surface area contributed by atoms with Crippen LogP contribution in [0.5, 0.6) is 0 Å². The average molecular weight is 514 g/mol. The lowest BCUT2D eigenvalue weighted by atomic mass is 10.0. The topological polar surface area (TPSA) is 101 Å². The highest BCUT2D eigenvalue weighted by atomic mass is 16.5. The van der Waals surface area contributed by atoms with Crippen molar-refractivity contribution in [2.24, 2.45) is 0 Å². The molecular formula is C28H27N5O5. The highest BCUT2D eigenvalue weighted by Crippen LogP contribution is 2.31. The standard InChI is InChI=1S/C28H27N5O5/c1-3-37-28(36)25-22-10-12-32(20-6-4-19(5-7-20)31-14-13-30(2)17-24(31)34)27(35)26(22)33(29-25)21-8-9-23-18(16-21)11-15-38-23/h4-9,11,15-16H,3,10,12-14,17H2,1-2H3. The van der Waals surface area contributed by atoms with Gasteiger partial charge in [0.25, 0.3) is 5.91 Å². The summed E-state index contributed by atoms with van der Waals surface area (Å²) >= 11 is 0. The molecule has 1 saturated heterocycles. The van der Waals surface area contributed by atoms with Crippen molar-refractivity contribution in [3.63, 3.8) is 0 Å². The zero-order chi connectivity index (χ0) is 26.4. The lowest BCUT2D eigenvalue weighted by Crippen LogP contribution is -2.48. The summed E-state index contributed by atoms with van der Waals surface area (Å²) in [4.78, 5) is 44.6. The molecule has 4 heterocycles. The van der Waals surface area contributed by atoms with Gasteiger partial charge in [0.15, 0.2) is 5.69 Å². The number of carbonyl (C=O) groups is 3. The molecule has 0 aliphatic carbocycles. The molecule has 4 aromatic rings. The Morgan fingerprint density at radius 3 is 2.45 bits per heavy atom. The van der Waals surface area contributed by atoms with E-state index in [9.17, 15) is 14.4 Å². The predicted octanol–water partition coefficient (Wildman–Crippen LogP) is 3.28. The number of amides is 2. The van der Waals surface area contributed by atoms with E-state index in [0.29, 0.717) is 54.3 Å². The zero-order valence-corrected chi connectivity index (χ0v) is 21.2. The van der Waals surface area contributed by atoms with Crippen LogP contribution in [-0.2, 0) is 16.0 Å². The zero-order valence-electron chi connectivity index (χ0n) is 21.2. The molecule has 10 nitrogen and oxygen atoms in total. The second-order valence-corrected chi connectivity index (χ2v) is 9.46. The summed E-state index contributed by atoms with van der Waals surface area (Å²) < 4.78 is 12.2. The van der Waals surface area contributed by atoms with Crippen LogP contribution in [0.3, 0.4) is 0 Å². The third-order valence-corrected chi connectivity index (χ3v) is 7.05. The van der Waals surface area contributed by atoms with Gasteiger partial charge >= 0.3 is 5.97 Å². The Balaban J connectivity index is 1.36. The van der Waals surface area contributed by atoms with E-state index in [4.69, 9.17) is 9.15 Å². The Labute approximate surface area is 219 Å². The first kappa shape index (κ1) is 23.9. The molecule has 0 bridgehead atoms. The number of rotatable bonds is 5. The van der Waals surface area contributed by atoms with E-state index >= 15 is 0 Å². The van der Waals surface area contributed by atoms with Crippen molar-refractivity contribution >= 4 is 40.1 Å². The van der Waals surface area contributed by atoms with Crippen molar-refractivity contribution < 1.29 is 23.5 Å². The molecule has 10 heteroatoms. The van der Waals surface area contributed by atoms with Gasteiger partial charge in [-0.1, -0.05) is 0 Å². The average Bonchev–Trinajstić information content (AvgIpc) is 3.54. The van der Waals surface area contributed by atoms with Crippen LogP contribution >= 0.6 is 0 Å². The largest absolute Gasteiger partial charge is 0.464 e. The molecule has 0 saturated carbocycles. The number of likely N-dealkylation sites (N-methyl/N-ethyl adjacent to an activating group) is 1. The molecule has 2 aromatic carbocycles. The van der Waals surface area contributed by atoms with Crippen LogP contribution in [0.4, 0.5) is 11.4 Å². The molecule has 0 spiro atoms. The van der Waals surface area contributed by atoms with E-state index in [1.807, 2.05) is 60.5 Å². The molecule has 0 unspecified atom stereocenters. The normalized spacial score (nSPS) is 16.3. The van der Waals surface area contributed by atoms with Gasteiger partial charge in [-0.3, -0.25) is 14.5 Å². The molecule has 2 aromatic heterocycles. The number of ether oxygens (including phenoxy) is 1. The Morgan fingerprint density at radius 2 is 1.71 bits per heavy atom. The summed E-state index contributed by atoms with van der Waals surface area (Å²) in [5.41, 5.74) is 3.95. The number of fused-ring (bicyclic) bond motifs is 2. The van der Waals surface area contributed by atoms with Gasteiger partial charge in [-0.2, -0.15) is 5.10 Å². The van der Waals surface area contributed by atoms with E-state index in [-0.39, 0.29) is 24.1 Å². The molecule has 1 fully saturated rings. The van der Waals surface area contributed by atoms with Crippen molar-refractivity contribution in [3.05, 3.63) is 71.7 Å². The molecule has 0 N–H and O–H groups in total. The van der Waals surface area contributed by atoms with E-state index < -0.39 is 5.97 Å². The van der Waals surface area contributed by atoms with Crippen molar-refractivity contribution in [3.8, 4) is 5.69 Å². The minimum absolute atomic E-state index is 0.0511. The van der Waals surface area contributed by atoms with Crippen LogP contribution in [0, 0.1) is 0 Å². The summed E-state index contributed by atoms with van der Waals surface area (Å²) in [5, 5.41) is 5.42. The second kappa shape index (κ2) is 9.46. The highest BCUT2D eigenvalue weighted by molar-refractivity contribution is 6.09. The molecular weight excluding hydrogens is 486 g/mol. The Kier molecular flexibility index (Phi) is 5.96. The van der Waals surface area contributed by atoms with Crippen molar-refractivity contribution in [2.45, 2.75) is 13.3 Å². The fourth-order valence-electron chi connectivity index (χ4n) is 5.12. The first-order chi connectivity index (χ1) is 18.4. The summed E-state index contributed by atoms with van der Waals surface area (Å²) in [6.07, 6.45) is 2.05. The maximum absolute atomic E-state index is 13.9. The van der Waals surface area contributed by atoms with Crippen molar-refractivity contribution in [2.75, 3.05) is 49.6 Å². The minimum atomic E-state index is -0.547. The van der Waals surface area contributed by atoms with E-state index in [1.165, 1.54) is 4.68 Å². The summed E-state index contributed by atoms with van der Waals surface area (Å²) in [6, 6.07) is 14.8. The molecule has 0 radical (unpaired) electrons. The number of aromatic nitrogens is 2. The van der Waals surface area contributed by atoms with Crippen LogP contribution in [0.2, 0.25) is 0 Å². The number of hydrogen-bond donors (Lipinski definition) is 0. The first-order valence-electron chi connectivity index (χ1n) is 12.6. The summed E-state index contributed by atoms with van der Waals surface area (Å²) in [7, 11) is 1.93. The smallest absolute Gasteiger partial charge is 0.359 e. The lowest BCUT2D eigenvalue weighted by Gasteiger charge is -2.32. The number of esters is 1. The van der Waals surface area contributed by atoms with Crippen LogP contribution in [0.25, 0.3) is 16.7 Å². The van der Waals surface area contributed by atoms with Crippen LogP contribution in [0.1, 0.15) is 33.5 Å². The van der Waals surface area contributed by atoms with Crippen molar-refractivity contribution in [1.29, 1.82) is 0 Å². The molecule has 38 heavy (non-hydrogen) atoms. The third-order valence-electron chi connectivity index (χ3n) is 7.05. The van der Waals surface area contributed by atoms with Gasteiger partial charge in [0, 0.05) is 42.0 Å². The van der Waals surface area contributed by atoms with E-state index in [1.54, 1.807) is 23.0 Å². The lowest BCUT2D eigenvalue weighted by molar-refractivity contribution is -0.120. The Hall–Kier alpha value is -4.44. The number of benzene rings is 2. The monoisotopic (exact) mass is 513 g/mol. The van der Waals surface area contributed by atoms with E-state index in [0.717, 1.165) is 17.6 Å². The number of furan rings is 1. The number of anilines is 2. The predicted molar refractivity (Wildman–Crippen MR) is 141 cm³/mol. The number of piperazine rings is 1. The van der Waals surface area contributed by atoms with Gasteiger partial charge in [0.05, 0.1) is 25.1 Å². The van der Waals surface area contributed by atoms with E-state index in [2.05, 4.69) is 5.10 Å². The molecule has 194 valence electrons. The fourth-order valence-corrected chi connectivity index (χ4v) is 5.12. The number of hydrogen-bond acceptors (Lipinski definition) is 7. The number of carbonyl (C=O) groups excluding carboxylic acids is 3. The second-order valence-electron chi connectivity index (χ2n) is 9.46. The fraction of sp³-hybridized carbons (Fsp3) is 0.286. The quantitative estimate of drug-likeness (QED) is 0.378. The summed E-state index contributed by atoms with van der Waals surface area (Å²) in [5.74, 6) is -0.755. The number of nitrogens with zero attached hydrogens (tertiary/aromatic N) is 5. The summed E-state index contributed by atoms with van der Waals surface area (Å²) in [6.45, 7) is 4.14. The minimum Gasteiger partial charge on any atom is -0.464 e. The maximum atomic E-state index is 13.9. The SMILES string of the molecule is CCOC(=O)c1nn(-c2ccc3occc3c2)c2c1CCN(c1ccc(N3CCN(C)CC3=O)cc1)C2=O. The van der Waals surface area contributed by atoms with Crippen LogP contribution in [0.15, 0.2) is 59.2 Å². The Bertz CT molecular complexity index is 1550. The van der Waals surface area contributed by atoms with Crippen LogP contribution < -0.4 is 9.80 Å². The third kappa shape index (κ3) is 4.03. The molecule has 6 rings (SSSR count). The first-order valence-corrected chi connectivity index (χ1v) is 12.6. The van der Waals surface area contributed by atoms with Gasteiger partial charge in [0.1, 0.15) is 11.3 Å². The molecule has 0 atom stereocenters. The van der Waals surface area contributed by atoms with Crippen LogP contribution in [-0.4, -0.2) is 72.3 Å². The molecule has 2 aliphatic heterocycles. The van der Waals surface area contributed by atoms with Gasteiger partial charge < -0.3 is 19.0 Å². The van der Waals surface area contributed by atoms with Gasteiger partial charge in [-0.25, -0.2) is 9.48 Å². The van der Waals surface area contributed by atoms with Gasteiger partial charge in [-0.05, 0) is 68.9 Å². The highest BCUT2D eigenvalue weighted by Gasteiger charge is 2.36. The van der Waals surface area contributed by atoms with Gasteiger partial charge in [-0.15, -0.1) is 0 Å². The maximum Gasteiger partial charge on any atom is 0.359 e. The van der Waals surface area contributed by atoms with Gasteiger partial charge in [0.2, 0.25) is 5.91 Å².